The van der Waals surface area contributed by atoms with Gasteiger partial charge in [-0.2, -0.15) is 5.10 Å². The van der Waals surface area contributed by atoms with Crippen LogP contribution >= 0.6 is 11.6 Å². The molecule has 2 N–H and O–H groups in total. The number of methoxy groups -OCH3 is 1. The molecule has 0 unspecified atom stereocenters. The van der Waals surface area contributed by atoms with E-state index in [0.717, 1.165) is 0 Å². The second kappa shape index (κ2) is 6.82. The molecule has 4 heterocycles. The van der Waals surface area contributed by atoms with Crippen molar-refractivity contribution in [3.8, 4) is 0 Å². The molecule has 0 aliphatic carbocycles. The number of urea groups is 1. The third-order valence-electron chi connectivity index (χ3n) is 4.03. The third kappa shape index (κ3) is 3.27. The number of ether oxygens (including phenoxy) is 1. The van der Waals surface area contributed by atoms with Gasteiger partial charge in [-0.05, 0) is 19.1 Å². The minimum atomic E-state index is -0.439. The van der Waals surface area contributed by atoms with Gasteiger partial charge >= 0.3 is 6.03 Å². The van der Waals surface area contributed by atoms with E-state index in [1.807, 2.05) is 6.92 Å². The second-order valence-corrected chi connectivity index (χ2v) is 6.15. The number of amides is 2. The Morgan fingerprint density at radius 1 is 1.30 bits per heavy atom. The summed E-state index contributed by atoms with van der Waals surface area (Å²) in [5, 5.41) is 17.8. The van der Waals surface area contributed by atoms with Gasteiger partial charge in [0, 0.05) is 19.4 Å². The lowest BCUT2D eigenvalue weighted by Gasteiger charge is -2.17. The largest absolute Gasteiger partial charge is 0.375 e. The molecule has 2 amide bonds. The zero-order valence-electron chi connectivity index (χ0n) is 14.4. The summed E-state index contributed by atoms with van der Waals surface area (Å²) >= 11 is 5.98. The Morgan fingerprint density at radius 3 is 2.96 bits per heavy atom. The quantitative estimate of drug-likeness (QED) is 0.558. The number of hydrogen-bond donors (Lipinski definition) is 2. The van der Waals surface area contributed by atoms with Crippen molar-refractivity contribution in [1.29, 1.82) is 0 Å². The number of rotatable bonds is 4. The van der Waals surface area contributed by atoms with Crippen LogP contribution in [-0.2, 0) is 4.74 Å². The van der Waals surface area contributed by atoms with Crippen LogP contribution in [0.5, 0.6) is 0 Å². The summed E-state index contributed by atoms with van der Waals surface area (Å²) in [5.74, 6) is 0. The molecule has 4 aromatic rings. The lowest BCUT2D eigenvalue weighted by molar-refractivity contribution is 0.114. The Labute approximate surface area is 158 Å². The highest BCUT2D eigenvalue weighted by Gasteiger charge is 2.19. The van der Waals surface area contributed by atoms with E-state index in [1.165, 1.54) is 0 Å². The number of anilines is 2. The van der Waals surface area contributed by atoms with Crippen molar-refractivity contribution in [2.24, 2.45) is 0 Å². The van der Waals surface area contributed by atoms with E-state index >= 15 is 0 Å². The molecule has 0 saturated heterocycles. The van der Waals surface area contributed by atoms with Crippen LogP contribution in [0.4, 0.5) is 16.2 Å². The average Bonchev–Trinajstić information content (AvgIpc) is 3.25. The van der Waals surface area contributed by atoms with Crippen molar-refractivity contribution in [3.05, 3.63) is 47.8 Å². The predicted molar refractivity (Wildman–Crippen MR) is 99.0 cm³/mol. The minimum absolute atomic E-state index is 0.302. The first-order chi connectivity index (χ1) is 13.0. The van der Waals surface area contributed by atoms with E-state index in [2.05, 4.69) is 30.9 Å². The van der Waals surface area contributed by atoms with Gasteiger partial charge < -0.3 is 15.4 Å². The first kappa shape index (κ1) is 17.2. The molecule has 0 bridgehead atoms. The molecule has 0 radical (unpaired) electrons. The van der Waals surface area contributed by atoms with Crippen LogP contribution < -0.4 is 10.6 Å². The van der Waals surface area contributed by atoms with Crippen LogP contribution in [0.3, 0.4) is 0 Å². The monoisotopic (exact) mass is 386 g/mol. The molecular weight excluding hydrogens is 372 g/mol. The smallest absolute Gasteiger partial charge is 0.323 e. The number of carbonyl (C=O) groups excluding carboxylic acids is 1. The van der Waals surface area contributed by atoms with Crippen molar-refractivity contribution in [3.63, 3.8) is 0 Å². The van der Waals surface area contributed by atoms with Crippen LogP contribution in [0.15, 0.2) is 36.9 Å². The van der Waals surface area contributed by atoms with Gasteiger partial charge in [-0.3, -0.25) is 4.40 Å². The van der Waals surface area contributed by atoms with Crippen LogP contribution in [0.1, 0.15) is 18.7 Å². The van der Waals surface area contributed by atoms with Gasteiger partial charge in [-0.25, -0.2) is 14.3 Å². The Hall–Kier alpha value is -3.24. The fourth-order valence-electron chi connectivity index (χ4n) is 2.71. The molecule has 0 fully saturated rings. The van der Waals surface area contributed by atoms with Crippen molar-refractivity contribution < 1.29 is 9.53 Å². The highest BCUT2D eigenvalue weighted by molar-refractivity contribution is 6.29. The van der Waals surface area contributed by atoms with E-state index in [4.69, 9.17) is 16.3 Å². The van der Waals surface area contributed by atoms with E-state index in [-0.39, 0.29) is 6.10 Å². The first-order valence-corrected chi connectivity index (χ1v) is 8.37. The molecule has 0 aliphatic heterocycles. The standard InChI is InChI=1S/C16H15ClN8O2/c1-9(27-2)15-11(6-18-14-5-12(17)23-25(14)15)21-16(26)20-10-3-4-13-22-19-8-24(13)7-10/h3-9H,1-2H3,(H2,20,21,26)/t9-/m0/s1. The molecule has 27 heavy (non-hydrogen) atoms. The van der Waals surface area contributed by atoms with E-state index in [9.17, 15) is 4.79 Å². The number of nitrogens with one attached hydrogen (secondary N) is 2. The summed E-state index contributed by atoms with van der Waals surface area (Å²) < 4.78 is 8.67. The molecule has 0 saturated carbocycles. The summed E-state index contributed by atoms with van der Waals surface area (Å²) in [6, 6.07) is 4.68. The molecule has 0 spiro atoms. The second-order valence-electron chi connectivity index (χ2n) is 5.77. The van der Waals surface area contributed by atoms with Crippen LogP contribution in [0.25, 0.3) is 11.3 Å². The number of nitrogens with zero attached hydrogens (tertiary/aromatic N) is 6. The van der Waals surface area contributed by atoms with Gasteiger partial charge in [0.25, 0.3) is 0 Å². The molecule has 4 aromatic heterocycles. The van der Waals surface area contributed by atoms with Crippen molar-refractivity contribution in [1.82, 2.24) is 29.2 Å². The van der Waals surface area contributed by atoms with E-state index < -0.39 is 6.03 Å². The van der Waals surface area contributed by atoms with Crippen molar-refractivity contribution in [2.75, 3.05) is 17.7 Å². The normalized spacial score (nSPS) is 12.4. The molecular formula is C16H15ClN8O2. The molecule has 11 heteroatoms. The van der Waals surface area contributed by atoms with Gasteiger partial charge in [-0.15, -0.1) is 10.2 Å². The van der Waals surface area contributed by atoms with E-state index in [1.54, 1.807) is 52.9 Å². The maximum absolute atomic E-state index is 12.5. The molecule has 10 nitrogen and oxygen atoms in total. The van der Waals surface area contributed by atoms with Gasteiger partial charge in [-0.1, -0.05) is 11.6 Å². The Bertz CT molecular complexity index is 1140. The number of fused-ring (bicyclic) bond motifs is 2. The van der Waals surface area contributed by atoms with Crippen LogP contribution in [0.2, 0.25) is 5.15 Å². The van der Waals surface area contributed by atoms with Gasteiger partial charge in [0.05, 0.1) is 29.4 Å². The highest BCUT2D eigenvalue weighted by Crippen LogP contribution is 2.26. The van der Waals surface area contributed by atoms with Crippen molar-refractivity contribution in [2.45, 2.75) is 13.0 Å². The molecule has 4 rings (SSSR count). The topological polar surface area (TPSA) is 111 Å². The first-order valence-electron chi connectivity index (χ1n) is 7.99. The summed E-state index contributed by atoms with van der Waals surface area (Å²) in [7, 11) is 1.57. The molecule has 0 aromatic carbocycles. The number of hydrogen-bond acceptors (Lipinski definition) is 6. The summed E-state index contributed by atoms with van der Waals surface area (Å²) in [6.07, 6.45) is 4.45. The lowest BCUT2D eigenvalue weighted by atomic mass is 10.2. The van der Waals surface area contributed by atoms with Gasteiger partial charge in [0.2, 0.25) is 0 Å². The fraction of sp³-hybridized carbons (Fsp3) is 0.188. The van der Waals surface area contributed by atoms with Gasteiger partial charge in [0.1, 0.15) is 6.33 Å². The zero-order valence-corrected chi connectivity index (χ0v) is 15.2. The maximum Gasteiger partial charge on any atom is 0.323 e. The van der Waals surface area contributed by atoms with Crippen molar-refractivity contribution >= 4 is 40.3 Å². The Balaban J connectivity index is 1.62. The number of halogens is 1. The van der Waals surface area contributed by atoms with Crippen LogP contribution in [-0.4, -0.2) is 42.3 Å². The number of carbonyl (C=O) groups is 1. The Kier molecular flexibility index (Phi) is 4.34. The lowest BCUT2D eigenvalue weighted by Crippen LogP contribution is -2.22. The highest BCUT2D eigenvalue weighted by atomic mass is 35.5. The fourth-order valence-corrected chi connectivity index (χ4v) is 2.88. The molecule has 138 valence electrons. The molecule has 1 atom stereocenters. The Morgan fingerprint density at radius 2 is 2.15 bits per heavy atom. The minimum Gasteiger partial charge on any atom is -0.375 e. The summed E-state index contributed by atoms with van der Waals surface area (Å²) in [4.78, 5) is 16.7. The summed E-state index contributed by atoms with van der Waals surface area (Å²) in [6.45, 7) is 1.84. The predicted octanol–water partition coefficient (Wildman–Crippen LogP) is 2.78. The third-order valence-corrected chi connectivity index (χ3v) is 4.21. The maximum atomic E-state index is 12.5. The van der Waals surface area contributed by atoms with Crippen LogP contribution in [0, 0.1) is 0 Å². The van der Waals surface area contributed by atoms with Gasteiger partial charge in [0.15, 0.2) is 16.4 Å². The number of pyridine rings is 1. The average molecular weight is 387 g/mol. The SMILES string of the molecule is CO[C@@H](C)c1c(NC(=O)Nc2ccc3nncn3c2)cnc2cc(Cl)nn12. The van der Waals surface area contributed by atoms with E-state index in [0.29, 0.717) is 33.5 Å². The molecule has 0 aliphatic rings. The number of aromatic nitrogens is 6. The summed E-state index contributed by atoms with van der Waals surface area (Å²) in [5.41, 5.74) is 2.90. The zero-order chi connectivity index (χ0) is 19.0.